The Balaban J connectivity index is 2.98. The van der Waals surface area contributed by atoms with Crippen molar-refractivity contribution in [2.24, 2.45) is 0 Å². The summed E-state index contributed by atoms with van der Waals surface area (Å²) in [5, 5.41) is 0. The van der Waals surface area contributed by atoms with Gasteiger partial charge in [-0.15, -0.1) is 0 Å². The molecule has 0 amide bonds. The van der Waals surface area contributed by atoms with Crippen molar-refractivity contribution in [2.45, 2.75) is 19.4 Å². The third-order valence-corrected chi connectivity index (χ3v) is 0.870. The lowest BCUT2D eigenvalue weighted by Gasteiger charge is -2.02. The zero-order valence-electron chi connectivity index (χ0n) is 4.85. The molecule has 7 heavy (non-hydrogen) atoms. The van der Waals surface area contributed by atoms with Crippen molar-refractivity contribution in [2.75, 3.05) is 7.11 Å². The summed E-state index contributed by atoms with van der Waals surface area (Å²) in [5.41, 5.74) is 0. The van der Waals surface area contributed by atoms with Gasteiger partial charge in [0, 0.05) is 7.11 Å². The molecule has 41 valence electrons. The maximum atomic E-state index is 5.10. The predicted molar refractivity (Wildman–Crippen MR) is 30.0 cm³/mol. The van der Waals surface area contributed by atoms with Gasteiger partial charge in [0.2, 0.25) is 0 Å². The Labute approximate surface area is 45.0 Å². The monoisotopic (exact) mass is 99.1 g/mol. The number of methoxy groups -OCH3 is 1. The molecule has 0 aliphatic rings. The van der Waals surface area contributed by atoms with E-state index >= 15 is 0 Å². The molecule has 0 saturated carbocycles. The normalized spacial score (nSPS) is 13.4. The summed E-state index contributed by atoms with van der Waals surface area (Å²) in [7, 11) is 1.67. The Morgan fingerprint density at radius 3 is 2.57 bits per heavy atom. The molecule has 0 heterocycles. The summed E-state index contributed by atoms with van der Waals surface area (Å²) >= 11 is 0. The molecule has 0 aromatic heterocycles. The van der Waals surface area contributed by atoms with Crippen LogP contribution in [0.15, 0.2) is 6.08 Å². The highest BCUT2D eigenvalue weighted by molar-refractivity contribution is 4.66. The molecule has 0 fully saturated rings. The van der Waals surface area contributed by atoms with Gasteiger partial charge >= 0.3 is 0 Å². The summed E-state index contributed by atoms with van der Waals surface area (Å²) < 4.78 is 4.88. The first kappa shape index (κ1) is 6.70. The van der Waals surface area contributed by atoms with E-state index in [9.17, 15) is 0 Å². The first-order valence-electron chi connectivity index (χ1n) is 2.37. The Morgan fingerprint density at radius 2 is 2.43 bits per heavy atom. The first-order chi connectivity index (χ1) is 3.31. The van der Waals surface area contributed by atoms with Gasteiger partial charge < -0.3 is 4.74 Å². The quantitative estimate of drug-likeness (QED) is 0.519. The molecule has 1 heteroatoms. The molecule has 0 aliphatic heterocycles. The van der Waals surface area contributed by atoms with Gasteiger partial charge in [0.05, 0.1) is 6.10 Å². The van der Waals surface area contributed by atoms with E-state index in [-0.39, 0.29) is 6.10 Å². The lowest BCUT2D eigenvalue weighted by molar-refractivity contribution is 0.121. The zero-order valence-corrected chi connectivity index (χ0v) is 4.85. The molecule has 0 bridgehead atoms. The van der Waals surface area contributed by atoms with Crippen molar-refractivity contribution in [3.63, 3.8) is 0 Å². The summed E-state index contributed by atoms with van der Waals surface area (Å²) in [6.45, 7) is 7.08. The van der Waals surface area contributed by atoms with E-state index in [4.69, 9.17) is 11.3 Å². The summed E-state index contributed by atoms with van der Waals surface area (Å²) in [6, 6.07) is 0. The van der Waals surface area contributed by atoms with Crippen LogP contribution in [0.25, 0.3) is 0 Å². The van der Waals surface area contributed by atoms with Crippen LogP contribution >= 0.6 is 0 Å². The molecule has 1 unspecified atom stereocenters. The summed E-state index contributed by atoms with van der Waals surface area (Å²) in [5.74, 6) is 0. The molecular weight excluding hydrogens is 88.1 g/mol. The molecule has 1 radical (unpaired) electrons. The molecule has 0 spiro atoms. The fourth-order valence-electron chi connectivity index (χ4n) is 0.288. The van der Waals surface area contributed by atoms with E-state index < -0.39 is 0 Å². The fraction of sp³-hybridized carbons (Fsp3) is 0.667. The molecule has 0 aliphatic carbocycles. The fourth-order valence-corrected chi connectivity index (χ4v) is 0.288. The maximum Gasteiger partial charge on any atom is 0.0577 e. The van der Waals surface area contributed by atoms with Crippen LogP contribution < -0.4 is 0 Å². The second kappa shape index (κ2) is 3.88. The second-order valence-electron chi connectivity index (χ2n) is 1.52. The second-order valence-corrected chi connectivity index (χ2v) is 1.52. The third-order valence-electron chi connectivity index (χ3n) is 0.870. The molecule has 0 N–H and O–H groups in total. The average Bonchev–Trinajstić information content (AvgIpc) is 1.68. The number of ether oxygens (including phenoxy) is 1. The van der Waals surface area contributed by atoms with Crippen LogP contribution in [-0.2, 0) is 4.74 Å². The van der Waals surface area contributed by atoms with E-state index in [1.54, 1.807) is 13.2 Å². The molecular formula is C6H11O. The van der Waals surface area contributed by atoms with Gasteiger partial charge in [-0.1, -0.05) is 12.7 Å². The van der Waals surface area contributed by atoms with E-state index in [0.29, 0.717) is 0 Å². The lowest BCUT2D eigenvalue weighted by Crippen LogP contribution is -2.01. The zero-order chi connectivity index (χ0) is 5.70. The van der Waals surface area contributed by atoms with Crippen LogP contribution in [0.4, 0.5) is 0 Å². The molecule has 0 aromatic rings. The molecule has 1 atom stereocenters. The van der Waals surface area contributed by atoms with Crippen LogP contribution in [0.2, 0.25) is 0 Å². The van der Waals surface area contributed by atoms with Gasteiger partial charge in [0.25, 0.3) is 0 Å². The Morgan fingerprint density at radius 1 is 1.86 bits per heavy atom. The van der Waals surface area contributed by atoms with Crippen LogP contribution in [0, 0.1) is 6.58 Å². The van der Waals surface area contributed by atoms with Gasteiger partial charge in [-0.2, -0.15) is 0 Å². The van der Waals surface area contributed by atoms with Crippen molar-refractivity contribution < 1.29 is 4.74 Å². The van der Waals surface area contributed by atoms with Gasteiger partial charge in [0.1, 0.15) is 0 Å². The third kappa shape index (κ3) is 3.53. The van der Waals surface area contributed by atoms with Gasteiger partial charge in [0.15, 0.2) is 0 Å². The number of rotatable bonds is 3. The molecule has 1 nitrogen and oxygen atoms in total. The largest absolute Gasteiger partial charge is 0.381 e. The van der Waals surface area contributed by atoms with Crippen molar-refractivity contribution in [3.05, 3.63) is 12.7 Å². The van der Waals surface area contributed by atoms with E-state index in [2.05, 4.69) is 0 Å². The molecule has 0 aromatic carbocycles. The van der Waals surface area contributed by atoms with Crippen molar-refractivity contribution in [1.82, 2.24) is 0 Å². The van der Waals surface area contributed by atoms with E-state index in [0.717, 1.165) is 6.42 Å². The minimum absolute atomic E-state index is 0.269. The van der Waals surface area contributed by atoms with E-state index in [1.807, 2.05) is 6.92 Å². The van der Waals surface area contributed by atoms with Crippen LogP contribution in [0.1, 0.15) is 13.3 Å². The number of hydrogen-bond donors (Lipinski definition) is 0. The lowest BCUT2D eigenvalue weighted by atomic mass is 10.3. The maximum absolute atomic E-state index is 5.10. The van der Waals surface area contributed by atoms with Crippen LogP contribution in [0.5, 0.6) is 0 Å². The molecule has 0 saturated heterocycles. The van der Waals surface area contributed by atoms with Gasteiger partial charge in [-0.25, -0.2) is 0 Å². The topological polar surface area (TPSA) is 9.23 Å². The standard InChI is InChI=1S/C6H11O/c1-4-5-6(2)7-3/h1,4,6H,5H2,2-3H3. The predicted octanol–water partition coefficient (Wildman–Crippen LogP) is 1.40. The first-order valence-corrected chi connectivity index (χ1v) is 2.37. The highest BCUT2D eigenvalue weighted by atomic mass is 16.5. The minimum Gasteiger partial charge on any atom is -0.381 e. The highest BCUT2D eigenvalue weighted by Gasteiger charge is 1.90. The minimum atomic E-state index is 0.269. The van der Waals surface area contributed by atoms with Crippen molar-refractivity contribution in [3.8, 4) is 0 Å². The average molecular weight is 99.2 g/mol. The Bertz CT molecular complexity index is 50.1. The summed E-state index contributed by atoms with van der Waals surface area (Å²) in [6.07, 6.45) is 2.70. The number of hydrogen-bond acceptors (Lipinski definition) is 1. The van der Waals surface area contributed by atoms with Gasteiger partial charge in [-0.3, -0.25) is 0 Å². The van der Waals surface area contributed by atoms with Crippen LogP contribution in [-0.4, -0.2) is 13.2 Å². The van der Waals surface area contributed by atoms with E-state index in [1.165, 1.54) is 0 Å². The highest BCUT2D eigenvalue weighted by Crippen LogP contribution is 1.92. The molecule has 0 rings (SSSR count). The summed E-state index contributed by atoms with van der Waals surface area (Å²) in [4.78, 5) is 0. The van der Waals surface area contributed by atoms with Crippen molar-refractivity contribution >= 4 is 0 Å². The van der Waals surface area contributed by atoms with Crippen LogP contribution in [0.3, 0.4) is 0 Å². The smallest absolute Gasteiger partial charge is 0.0577 e. The van der Waals surface area contributed by atoms with Crippen molar-refractivity contribution in [1.29, 1.82) is 0 Å². The Kier molecular flexibility index (Phi) is 3.71. The van der Waals surface area contributed by atoms with Gasteiger partial charge in [-0.05, 0) is 13.3 Å². The SMILES string of the molecule is [CH]=CCC(C)OC. The Hall–Kier alpha value is -0.300.